The highest BCUT2D eigenvalue weighted by Crippen LogP contribution is 2.44. The number of hydrogen-bond donors (Lipinski definition) is 2. The largest absolute Gasteiger partial charge is 0.508 e. The van der Waals surface area contributed by atoms with E-state index in [0.29, 0.717) is 11.5 Å². The molecule has 1 saturated carbocycles. The van der Waals surface area contributed by atoms with E-state index in [9.17, 15) is 18.3 Å². The van der Waals surface area contributed by atoms with Gasteiger partial charge in [-0.25, -0.2) is 0 Å². The number of rotatable bonds is 5. The van der Waals surface area contributed by atoms with Crippen molar-refractivity contribution < 1.29 is 18.3 Å². The summed E-state index contributed by atoms with van der Waals surface area (Å²) in [5.41, 5.74) is -3.68. The lowest BCUT2D eigenvalue weighted by atomic mass is 9.97. The van der Waals surface area contributed by atoms with Crippen LogP contribution in [0, 0.1) is 5.92 Å². The van der Waals surface area contributed by atoms with Crippen LogP contribution in [0.15, 0.2) is 23.1 Å². The Morgan fingerprint density at radius 1 is 1.26 bits per heavy atom. The van der Waals surface area contributed by atoms with Gasteiger partial charge in [0.15, 0.2) is 0 Å². The van der Waals surface area contributed by atoms with E-state index >= 15 is 0 Å². The molecule has 1 saturated heterocycles. The Kier molecular flexibility index (Phi) is 5.08. The van der Waals surface area contributed by atoms with Gasteiger partial charge in [-0.2, -0.15) is 13.2 Å². The Morgan fingerprint density at radius 2 is 1.96 bits per heavy atom. The van der Waals surface area contributed by atoms with E-state index in [1.54, 1.807) is 0 Å². The molecule has 2 aliphatic rings. The zero-order valence-corrected chi connectivity index (χ0v) is 13.6. The molecule has 3 nitrogen and oxygen atoms in total. The maximum Gasteiger partial charge on any atom is 0.446 e. The lowest BCUT2D eigenvalue weighted by molar-refractivity contribution is -0.0328. The van der Waals surface area contributed by atoms with Crippen molar-refractivity contribution in [3.8, 4) is 5.75 Å². The lowest BCUT2D eigenvalue weighted by Gasteiger charge is -2.35. The Hall–Kier alpha value is -0.920. The molecule has 0 amide bonds. The molecule has 23 heavy (non-hydrogen) atoms. The number of piperazine rings is 1. The van der Waals surface area contributed by atoms with Crippen LogP contribution >= 0.6 is 11.8 Å². The molecular formula is C16H21F3N2OS. The van der Waals surface area contributed by atoms with Gasteiger partial charge in [0.25, 0.3) is 0 Å². The molecule has 7 heteroatoms. The number of aromatic hydroxyl groups is 1. The highest BCUT2D eigenvalue weighted by Gasteiger charge is 2.33. The molecule has 1 aliphatic carbocycles. The van der Waals surface area contributed by atoms with E-state index in [2.05, 4.69) is 10.2 Å². The third-order valence-corrected chi connectivity index (χ3v) is 5.16. The third kappa shape index (κ3) is 4.78. The number of nitrogens with zero attached hydrogens (tertiary/aromatic N) is 1. The van der Waals surface area contributed by atoms with Crippen LogP contribution in [0.5, 0.6) is 5.75 Å². The third-order valence-electron chi connectivity index (χ3n) is 4.44. The predicted molar refractivity (Wildman–Crippen MR) is 84.5 cm³/mol. The normalized spacial score (nSPS) is 21.3. The molecule has 2 N–H and O–H groups in total. The van der Waals surface area contributed by atoms with E-state index < -0.39 is 5.51 Å². The van der Waals surface area contributed by atoms with Crippen molar-refractivity contribution in [2.75, 3.05) is 26.2 Å². The van der Waals surface area contributed by atoms with Crippen molar-refractivity contribution in [1.82, 2.24) is 10.2 Å². The smallest absolute Gasteiger partial charge is 0.446 e. The SMILES string of the molecule is Oc1ccc(SC(F)(F)F)cc1[C@@H](CC1CC1)N1CCNCC1. The first-order valence-electron chi connectivity index (χ1n) is 7.96. The number of nitrogens with one attached hydrogen (secondary N) is 1. The van der Waals surface area contributed by atoms with Gasteiger partial charge in [-0.1, -0.05) is 12.8 Å². The van der Waals surface area contributed by atoms with Gasteiger partial charge in [0.2, 0.25) is 0 Å². The highest BCUT2D eigenvalue weighted by molar-refractivity contribution is 8.00. The molecule has 0 spiro atoms. The maximum atomic E-state index is 12.6. The van der Waals surface area contributed by atoms with Crippen LogP contribution < -0.4 is 5.32 Å². The van der Waals surface area contributed by atoms with Crippen LogP contribution in [0.25, 0.3) is 0 Å². The van der Waals surface area contributed by atoms with Crippen LogP contribution in [-0.4, -0.2) is 41.7 Å². The standard InChI is InChI=1S/C16H21F3N2OS/c17-16(18,19)23-12-3-4-15(22)13(10-12)14(9-11-1-2-11)21-7-5-20-6-8-21/h3-4,10-11,14,20,22H,1-2,5-9H2/t14-/m1/s1. The summed E-state index contributed by atoms with van der Waals surface area (Å²) in [5, 5.41) is 13.5. The van der Waals surface area contributed by atoms with Crippen molar-refractivity contribution in [3.05, 3.63) is 23.8 Å². The molecule has 1 heterocycles. The zero-order chi connectivity index (χ0) is 16.4. The molecular weight excluding hydrogens is 325 g/mol. The number of benzene rings is 1. The molecule has 0 bridgehead atoms. The first-order chi connectivity index (χ1) is 10.9. The van der Waals surface area contributed by atoms with Gasteiger partial charge in [-0.15, -0.1) is 0 Å². The molecule has 0 radical (unpaired) electrons. The van der Waals surface area contributed by atoms with Crippen molar-refractivity contribution in [2.45, 2.75) is 35.7 Å². The van der Waals surface area contributed by atoms with Gasteiger partial charge < -0.3 is 10.4 Å². The number of hydrogen-bond acceptors (Lipinski definition) is 4. The minimum Gasteiger partial charge on any atom is -0.508 e. The molecule has 3 rings (SSSR count). The molecule has 1 aliphatic heterocycles. The van der Waals surface area contributed by atoms with Crippen LogP contribution in [0.2, 0.25) is 0 Å². The van der Waals surface area contributed by atoms with Gasteiger partial charge in [-0.3, -0.25) is 4.90 Å². The first-order valence-corrected chi connectivity index (χ1v) is 8.77. The minimum atomic E-state index is -4.31. The second kappa shape index (κ2) is 6.91. The summed E-state index contributed by atoms with van der Waals surface area (Å²) in [4.78, 5) is 2.42. The summed E-state index contributed by atoms with van der Waals surface area (Å²) in [6.45, 7) is 3.46. The fraction of sp³-hybridized carbons (Fsp3) is 0.625. The Morgan fingerprint density at radius 3 is 2.57 bits per heavy atom. The topological polar surface area (TPSA) is 35.5 Å². The molecule has 128 valence electrons. The Labute approximate surface area is 138 Å². The van der Waals surface area contributed by atoms with Crippen LogP contribution in [0.4, 0.5) is 13.2 Å². The van der Waals surface area contributed by atoms with Gasteiger partial charge in [0, 0.05) is 42.7 Å². The summed E-state index contributed by atoms with van der Waals surface area (Å²) in [5.74, 6) is 0.730. The van der Waals surface area contributed by atoms with E-state index in [4.69, 9.17) is 0 Å². The van der Waals surface area contributed by atoms with E-state index in [0.717, 1.165) is 32.6 Å². The maximum absolute atomic E-state index is 12.6. The van der Waals surface area contributed by atoms with Crippen molar-refractivity contribution >= 4 is 11.8 Å². The number of thioether (sulfide) groups is 1. The molecule has 0 unspecified atom stereocenters. The number of alkyl halides is 3. The average molecular weight is 346 g/mol. The molecule has 1 aromatic rings. The molecule has 1 aromatic carbocycles. The summed E-state index contributed by atoms with van der Waals surface area (Å²) in [6.07, 6.45) is 3.27. The van der Waals surface area contributed by atoms with Crippen molar-refractivity contribution in [3.63, 3.8) is 0 Å². The van der Waals surface area contributed by atoms with Gasteiger partial charge >= 0.3 is 5.51 Å². The Balaban J connectivity index is 1.85. The fourth-order valence-corrected chi connectivity index (χ4v) is 3.72. The molecule has 2 fully saturated rings. The van der Waals surface area contributed by atoms with E-state index in [-0.39, 0.29) is 28.4 Å². The second-order valence-corrected chi connectivity index (χ2v) is 7.39. The number of phenols is 1. The fourth-order valence-electron chi connectivity index (χ4n) is 3.13. The van der Waals surface area contributed by atoms with Crippen molar-refractivity contribution in [1.29, 1.82) is 0 Å². The van der Waals surface area contributed by atoms with Gasteiger partial charge in [0.1, 0.15) is 5.75 Å². The number of halogens is 3. The van der Waals surface area contributed by atoms with Crippen LogP contribution in [0.1, 0.15) is 30.9 Å². The summed E-state index contributed by atoms with van der Waals surface area (Å²) >= 11 is -0.120. The highest BCUT2D eigenvalue weighted by atomic mass is 32.2. The monoisotopic (exact) mass is 346 g/mol. The van der Waals surface area contributed by atoms with Crippen LogP contribution in [0.3, 0.4) is 0 Å². The van der Waals surface area contributed by atoms with Gasteiger partial charge in [-0.05, 0) is 42.3 Å². The van der Waals surface area contributed by atoms with E-state index in [1.165, 1.54) is 31.0 Å². The second-order valence-electron chi connectivity index (χ2n) is 6.25. The van der Waals surface area contributed by atoms with Crippen LogP contribution in [-0.2, 0) is 0 Å². The van der Waals surface area contributed by atoms with Gasteiger partial charge in [0.05, 0.1) is 0 Å². The summed E-state index contributed by atoms with van der Waals surface area (Å²) < 4.78 is 37.9. The van der Waals surface area contributed by atoms with E-state index in [1.807, 2.05) is 0 Å². The zero-order valence-electron chi connectivity index (χ0n) is 12.8. The summed E-state index contributed by atoms with van der Waals surface area (Å²) in [6, 6.07) is 4.25. The molecule has 0 aromatic heterocycles. The Bertz CT molecular complexity index is 543. The minimum absolute atomic E-state index is 0.00150. The lowest BCUT2D eigenvalue weighted by Crippen LogP contribution is -2.45. The first kappa shape index (κ1) is 16.9. The predicted octanol–water partition coefficient (Wildman–Crippen LogP) is 3.75. The summed E-state index contributed by atoms with van der Waals surface area (Å²) in [7, 11) is 0. The average Bonchev–Trinajstić information content (AvgIpc) is 3.31. The quantitative estimate of drug-likeness (QED) is 0.796. The molecule has 1 atom stereocenters. The van der Waals surface area contributed by atoms with Crippen molar-refractivity contribution in [2.24, 2.45) is 5.92 Å². The number of phenolic OH excluding ortho intramolecular Hbond substituents is 1.